The van der Waals surface area contributed by atoms with Crippen molar-refractivity contribution in [2.24, 2.45) is 0 Å². The molecule has 1 aliphatic rings. The van der Waals surface area contributed by atoms with E-state index in [0.29, 0.717) is 13.1 Å². The predicted molar refractivity (Wildman–Crippen MR) is 86.2 cm³/mol. The highest BCUT2D eigenvalue weighted by atomic mass is 16.6. The van der Waals surface area contributed by atoms with E-state index >= 15 is 0 Å². The van der Waals surface area contributed by atoms with Crippen molar-refractivity contribution in [3.63, 3.8) is 0 Å². The molecule has 0 radical (unpaired) electrons. The molecular formula is C15H25N5O2. The lowest BCUT2D eigenvalue weighted by atomic mass is 10.2. The molecule has 0 unspecified atom stereocenters. The summed E-state index contributed by atoms with van der Waals surface area (Å²) in [4.78, 5) is 24.4. The van der Waals surface area contributed by atoms with Crippen molar-refractivity contribution in [1.82, 2.24) is 14.9 Å². The Bertz CT molecular complexity index is 507. The van der Waals surface area contributed by atoms with E-state index in [4.69, 9.17) is 4.74 Å². The lowest BCUT2D eigenvalue weighted by molar-refractivity contribution is 0.0240. The van der Waals surface area contributed by atoms with E-state index in [1.807, 2.05) is 33.8 Å². The van der Waals surface area contributed by atoms with Gasteiger partial charge in [0.25, 0.3) is 0 Å². The molecule has 1 fully saturated rings. The summed E-state index contributed by atoms with van der Waals surface area (Å²) in [5.41, 5.74) is -0.457. The number of ether oxygens (including phenoxy) is 1. The zero-order chi connectivity index (χ0) is 16.2. The van der Waals surface area contributed by atoms with Crippen LogP contribution >= 0.6 is 0 Å². The summed E-state index contributed by atoms with van der Waals surface area (Å²) < 4.78 is 5.40. The minimum Gasteiger partial charge on any atom is -0.444 e. The SMILES string of the molecule is CCNc1cc(N2CCN(C(=O)OC(C)(C)C)CC2)ncn1. The number of anilines is 2. The largest absolute Gasteiger partial charge is 0.444 e. The highest BCUT2D eigenvalue weighted by Gasteiger charge is 2.26. The van der Waals surface area contributed by atoms with Crippen LogP contribution in [0.4, 0.5) is 16.4 Å². The van der Waals surface area contributed by atoms with Gasteiger partial charge < -0.3 is 19.9 Å². The smallest absolute Gasteiger partial charge is 0.410 e. The molecule has 1 aromatic rings. The summed E-state index contributed by atoms with van der Waals surface area (Å²) in [5.74, 6) is 1.71. The Morgan fingerprint density at radius 3 is 2.55 bits per heavy atom. The number of hydrogen-bond donors (Lipinski definition) is 1. The first-order valence-corrected chi connectivity index (χ1v) is 7.68. The number of nitrogens with one attached hydrogen (secondary N) is 1. The molecule has 0 atom stereocenters. The second-order valence-corrected chi connectivity index (χ2v) is 6.25. The zero-order valence-corrected chi connectivity index (χ0v) is 13.8. The van der Waals surface area contributed by atoms with E-state index in [0.717, 1.165) is 31.3 Å². The van der Waals surface area contributed by atoms with Crippen molar-refractivity contribution in [1.29, 1.82) is 0 Å². The standard InChI is InChI=1S/C15H25N5O2/c1-5-16-12-10-13(18-11-17-12)19-6-8-20(9-7-19)14(21)22-15(2,3)4/h10-11H,5-9H2,1-4H3,(H,16,17,18). The Kier molecular flexibility index (Phi) is 5.05. The summed E-state index contributed by atoms with van der Waals surface area (Å²) in [6.07, 6.45) is 1.32. The third kappa shape index (κ3) is 4.47. The highest BCUT2D eigenvalue weighted by molar-refractivity contribution is 5.68. The number of carbonyl (C=O) groups excluding carboxylic acids is 1. The van der Waals surface area contributed by atoms with Crippen molar-refractivity contribution in [2.45, 2.75) is 33.3 Å². The summed E-state index contributed by atoms with van der Waals surface area (Å²) in [6.45, 7) is 11.2. The summed E-state index contributed by atoms with van der Waals surface area (Å²) in [7, 11) is 0. The molecule has 0 saturated carbocycles. The molecule has 1 aliphatic heterocycles. The van der Waals surface area contributed by atoms with Crippen molar-refractivity contribution in [2.75, 3.05) is 42.9 Å². The average molecular weight is 307 g/mol. The zero-order valence-electron chi connectivity index (χ0n) is 13.8. The lowest BCUT2D eigenvalue weighted by Crippen LogP contribution is -2.50. The summed E-state index contributed by atoms with van der Waals surface area (Å²) >= 11 is 0. The molecule has 22 heavy (non-hydrogen) atoms. The van der Waals surface area contributed by atoms with Crippen LogP contribution in [0.2, 0.25) is 0 Å². The van der Waals surface area contributed by atoms with E-state index in [-0.39, 0.29) is 6.09 Å². The van der Waals surface area contributed by atoms with Gasteiger partial charge in [0.05, 0.1) is 0 Å². The maximum absolute atomic E-state index is 12.0. The number of rotatable bonds is 3. The van der Waals surface area contributed by atoms with Gasteiger partial charge in [0.2, 0.25) is 0 Å². The van der Waals surface area contributed by atoms with Crippen molar-refractivity contribution < 1.29 is 9.53 Å². The average Bonchev–Trinajstić information content (AvgIpc) is 2.46. The van der Waals surface area contributed by atoms with Crippen LogP contribution in [0, 0.1) is 0 Å². The first-order chi connectivity index (χ1) is 10.4. The van der Waals surface area contributed by atoms with E-state index in [9.17, 15) is 4.79 Å². The normalized spacial score (nSPS) is 15.6. The van der Waals surface area contributed by atoms with Gasteiger partial charge in [0.1, 0.15) is 23.6 Å². The fourth-order valence-electron chi connectivity index (χ4n) is 2.24. The quantitative estimate of drug-likeness (QED) is 0.920. The van der Waals surface area contributed by atoms with Gasteiger partial charge in [-0.2, -0.15) is 0 Å². The van der Waals surface area contributed by atoms with Crippen molar-refractivity contribution in [3.05, 3.63) is 12.4 Å². The first-order valence-electron chi connectivity index (χ1n) is 7.68. The molecule has 1 N–H and O–H groups in total. The van der Waals surface area contributed by atoms with Crippen molar-refractivity contribution in [3.8, 4) is 0 Å². The number of piperazine rings is 1. The Morgan fingerprint density at radius 2 is 1.95 bits per heavy atom. The highest BCUT2D eigenvalue weighted by Crippen LogP contribution is 2.17. The van der Waals surface area contributed by atoms with Crippen LogP contribution in [-0.4, -0.2) is 59.3 Å². The van der Waals surface area contributed by atoms with Crippen LogP contribution in [0.1, 0.15) is 27.7 Å². The van der Waals surface area contributed by atoms with Gasteiger partial charge in [0.15, 0.2) is 0 Å². The number of nitrogens with zero attached hydrogens (tertiary/aromatic N) is 4. The Morgan fingerprint density at radius 1 is 1.27 bits per heavy atom. The monoisotopic (exact) mass is 307 g/mol. The fourth-order valence-corrected chi connectivity index (χ4v) is 2.24. The van der Waals surface area contributed by atoms with Crippen LogP contribution in [0.25, 0.3) is 0 Å². The molecule has 1 amide bonds. The topological polar surface area (TPSA) is 70.6 Å². The maximum atomic E-state index is 12.0. The lowest BCUT2D eigenvalue weighted by Gasteiger charge is -2.36. The molecule has 7 heteroatoms. The van der Waals surface area contributed by atoms with Crippen LogP contribution < -0.4 is 10.2 Å². The molecule has 2 heterocycles. The molecule has 0 aliphatic carbocycles. The Hall–Kier alpha value is -2.05. The fraction of sp³-hybridized carbons (Fsp3) is 0.667. The second-order valence-electron chi connectivity index (χ2n) is 6.25. The molecule has 0 bridgehead atoms. The van der Waals surface area contributed by atoms with Gasteiger partial charge in [-0.15, -0.1) is 0 Å². The minimum absolute atomic E-state index is 0.247. The van der Waals surface area contributed by atoms with E-state index < -0.39 is 5.60 Å². The third-order valence-electron chi connectivity index (χ3n) is 3.27. The van der Waals surface area contributed by atoms with Crippen molar-refractivity contribution >= 4 is 17.7 Å². The second kappa shape index (κ2) is 6.81. The first kappa shape index (κ1) is 16.3. The van der Waals surface area contributed by atoms with Gasteiger partial charge in [-0.05, 0) is 27.7 Å². The van der Waals surface area contributed by atoms with E-state index in [1.54, 1.807) is 11.2 Å². The van der Waals surface area contributed by atoms with Gasteiger partial charge >= 0.3 is 6.09 Å². The van der Waals surface area contributed by atoms with E-state index in [1.165, 1.54) is 0 Å². The number of carbonyl (C=O) groups is 1. The van der Waals surface area contributed by atoms with E-state index in [2.05, 4.69) is 20.2 Å². The molecule has 122 valence electrons. The van der Waals surface area contributed by atoms with Crippen LogP contribution in [0.5, 0.6) is 0 Å². The Balaban J connectivity index is 1.92. The molecule has 0 spiro atoms. The molecule has 7 nitrogen and oxygen atoms in total. The number of hydrogen-bond acceptors (Lipinski definition) is 6. The van der Waals surface area contributed by atoms with Gasteiger partial charge in [-0.25, -0.2) is 14.8 Å². The maximum Gasteiger partial charge on any atom is 0.410 e. The number of amides is 1. The van der Waals surface area contributed by atoms with Gasteiger partial charge in [-0.1, -0.05) is 0 Å². The molecular weight excluding hydrogens is 282 g/mol. The third-order valence-corrected chi connectivity index (χ3v) is 3.27. The van der Waals surface area contributed by atoms with Crippen LogP contribution in [0.15, 0.2) is 12.4 Å². The van der Waals surface area contributed by atoms with Crippen LogP contribution in [0.3, 0.4) is 0 Å². The summed E-state index contributed by atoms with van der Waals surface area (Å²) in [5, 5.41) is 3.18. The minimum atomic E-state index is -0.457. The molecule has 1 aromatic heterocycles. The summed E-state index contributed by atoms with van der Waals surface area (Å²) in [6, 6.07) is 1.94. The predicted octanol–water partition coefficient (Wildman–Crippen LogP) is 1.97. The Labute approximate surface area is 131 Å². The van der Waals surface area contributed by atoms with Crippen LogP contribution in [-0.2, 0) is 4.74 Å². The van der Waals surface area contributed by atoms with Gasteiger partial charge in [0, 0.05) is 38.8 Å². The molecule has 0 aromatic carbocycles. The number of aromatic nitrogens is 2. The molecule has 2 rings (SSSR count). The van der Waals surface area contributed by atoms with Gasteiger partial charge in [-0.3, -0.25) is 0 Å². The molecule has 1 saturated heterocycles.